The zero-order valence-corrected chi connectivity index (χ0v) is 16.2. The maximum Gasteiger partial charge on any atom is 0.261 e. The number of sulfonamides is 1. The van der Waals surface area contributed by atoms with Gasteiger partial charge in [0, 0.05) is 11.3 Å². The topological polar surface area (TPSA) is 75.3 Å². The lowest BCUT2D eigenvalue weighted by molar-refractivity contribution is 0.102. The first kappa shape index (κ1) is 19.6. The number of rotatable bonds is 5. The first-order chi connectivity index (χ1) is 13.3. The van der Waals surface area contributed by atoms with Crippen LogP contribution in [0.25, 0.3) is 0 Å². The molecular formula is C21H19FN2O3S. The van der Waals surface area contributed by atoms with Crippen LogP contribution in [0.15, 0.2) is 71.6 Å². The van der Waals surface area contributed by atoms with Crippen molar-refractivity contribution in [1.82, 2.24) is 0 Å². The molecule has 5 nitrogen and oxygen atoms in total. The second-order valence-electron chi connectivity index (χ2n) is 6.35. The number of amides is 1. The molecule has 3 rings (SSSR count). The van der Waals surface area contributed by atoms with Gasteiger partial charge >= 0.3 is 0 Å². The standard InChI is InChI=1S/C21H19FN2O3S/c1-14-6-3-11-20(15(14)2)24-28(26,27)19-10-4-7-16(12-19)21(25)23-18-9-5-8-17(22)13-18/h3-13,24H,1-2H3,(H,23,25). The Balaban J connectivity index is 1.85. The Morgan fingerprint density at radius 1 is 0.929 bits per heavy atom. The Morgan fingerprint density at radius 3 is 2.39 bits per heavy atom. The molecule has 144 valence electrons. The minimum Gasteiger partial charge on any atom is -0.322 e. The molecule has 0 heterocycles. The van der Waals surface area contributed by atoms with E-state index in [2.05, 4.69) is 10.0 Å². The third-order valence-electron chi connectivity index (χ3n) is 4.34. The Hall–Kier alpha value is -3.19. The highest BCUT2D eigenvalue weighted by Crippen LogP contribution is 2.23. The van der Waals surface area contributed by atoms with Crippen LogP contribution in [-0.2, 0) is 10.0 Å². The van der Waals surface area contributed by atoms with Crippen LogP contribution in [0.4, 0.5) is 15.8 Å². The van der Waals surface area contributed by atoms with E-state index in [9.17, 15) is 17.6 Å². The van der Waals surface area contributed by atoms with Gasteiger partial charge in [0.15, 0.2) is 0 Å². The highest BCUT2D eigenvalue weighted by molar-refractivity contribution is 7.92. The molecule has 0 fully saturated rings. The van der Waals surface area contributed by atoms with Crippen LogP contribution in [0, 0.1) is 19.7 Å². The number of carbonyl (C=O) groups is 1. The van der Waals surface area contributed by atoms with Crippen molar-refractivity contribution in [3.05, 3.63) is 89.2 Å². The SMILES string of the molecule is Cc1cccc(NS(=O)(=O)c2cccc(C(=O)Nc3cccc(F)c3)c2)c1C. The molecule has 0 aliphatic heterocycles. The lowest BCUT2D eigenvalue weighted by atomic mass is 10.1. The number of hydrogen-bond donors (Lipinski definition) is 2. The van der Waals surface area contributed by atoms with Crippen molar-refractivity contribution in [2.75, 3.05) is 10.0 Å². The van der Waals surface area contributed by atoms with Gasteiger partial charge in [-0.25, -0.2) is 12.8 Å². The Morgan fingerprint density at radius 2 is 1.64 bits per heavy atom. The van der Waals surface area contributed by atoms with Crippen LogP contribution in [0.3, 0.4) is 0 Å². The molecule has 28 heavy (non-hydrogen) atoms. The zero-order chi connectivity index (χ0) is 20.3. The van der Waals surface area contributed by atoms with E-state index >= 15 is 0 Å². The lowest BCUT2D eigenvalue weighted by Gasteiger charge is -2.13. The molecule has 2 N–H and O–H groups in total. The van der Waals surface area contributed by atoms with Gasteiger partial charge in [-0.15, -0.1) is 0 Å². The average Bonchev–Trinajstić information content (AvgIpc) is 2.65. The quantitative estimate of drug-likeness (QED) is 0.665. The summed E-state index contributed by atoms with van der Waals surface area (Å²) in [7, 11) is -3.88. The summed E-state index contributed by atoms with van der Waals surface area (Å²) in [5, 5.41) is 2.55. The van der Waals surface area contributed by atoms with Gasteiger partial charge in [0.1, 0.15) is 5.82 Å². The van der Waals surface area contributed by atoms with E-state index < -0.39 is 21.7 Å². The van der Waals surface area contributed by atoms with Crippen molar-refractivity contribution in [2.24, 2.45) is 0 Å². The van der Waals surface area contributed by atoms with E-state index in [1.165, 1.54) is 42.5 Å². The number of hydrogen-bond acceptors (Lipinski definition) is 3. The second-order valence-corrected chi connectivity index (χ2v) is 8.03. The van der Waals surface area contributed by atoms with Crippen LogP contribution in [0.5, 0.6) is 0 Å². The van der Waals surface area contributed by atoms with Crippen LogP contribution in [0.2, 0.25) is 0 Å². The van der Waals surface area contributed by atoms with E-state index in [4.69, 9.17) is 0 Å². The normalized spacial score (nSPS) is 11.1. The van der Waals surface area contributed by atoms with Crippen molar-refractivity contribution in [1.29, 1.82) is 0 Å². The number of anilines is 2. The van der Waals surface area contributed by atoms with E-state index in [-0.39, 0.29) is 16.1 Å². The molecule has 7 heteroatoms. The van der Waals surface area contributed by atoms with Gasteiger partial charge < -0.3 is 5.32 Å². The fourth-order valence-corrected chi connectivity index (χ4v) is 3.81. The molecule has 0 aliphatic rings. The van der Waals surface area contributed by atoms with E-state index in [0.29, 0.717) is 5.69 Å². The molecule has 0 bridgehead atoms. The van der Waals surface area contributed by atoms with Crippen LogP contribution in [0.1, 0.15) is 21.5 Å². The van der Waals surface area contributed by atoms with Crippen molar-refractivity contribution >= 4 is 27.3 Å². The molecule has 3 aromatic rings. The minimum atomic E-state index is -3.88. The first-order valence-electron chi connectivity index (χ1n) is 8.52. The van der Waals surface area contributed by atoms with E-state index in [1.54, 1.807) is 18.2 Å². The van der Waals surface area contributed by atoms with Crippen molar-refractivity contribution < 1.29 is 17.6 Å². The maximum absolute atomic E-state index is 13.3. The number of halogens is 1. The van der Waals surface area contributed by atoms with Crippen LogP contribution >= 0.6 is 0 Å². The molecule has 1 amide bonds. The lowest BCUT2D eigenvalue weighted by Crippen LogP contribution is -2.16. The summed E-state index contributed by atoms with van der Waals surface area (Å²) in [5.74, 6) is -1.01. The first-order valence-corrected chi connectivity index (χ1v) is 10.0. The molecule has 0 atom stereocenters. The average molecular weight is 398 g/mol. The largest absolute Gasteiger partial charge is 0.322 e. The van der Waals surface area contributed by atoms with Crippen molar-refractivity contribution in [3.63, 3.8) is 0 Å². The summed E-state index contributed by atoms with van der Waals surface area (Å²) in [6, 6.07) is 16.5. The highest BCUT2D eigenvalue weighted by atomic mass is 32.2. The number of carbonyl (C=O) groups excluding carboxylic acids is 1. The van der Waals surface area contributed by atoms with Gasteiger partial charge in [-0.05, 0) is 67.4 Å². The summed E-state index contributed by atoms with van der Waals surface area (Å²) in [6.45, 7) is 3.72. The molecule has 0 aliphatic carbocycles. The van der Waals surface area contributed by atoms with Gasteiger partial charge in [-0.1, -0.05) is 24.3 Å². The predicted octanol–water partition coefficient (Wildman–Crippen LogP) is 4.50. The third-order valence-corrected chi connectivity index (χ3v) is 5.70. The summed E-state index contributed by atoms with van der Waals surface area (Å²) in [6.07, 6.45) is 0. The Kier molecular flexibility index (Phi) is 5.46. The van der Waals surface area contributed by atoms with Gasteiger partial charge in [-0.2, -0.15) is 0 Å². The Bertz CT molecular complexity index is 1140. The minimum absolute atomic E-state index is 0.0414. The number of nitrogens with one attached hydrogen (secondary N) is 2. The Labute approximate surface area is 163 Å². The monoisotopic (exact) mass is 398 g/mol. The molecule has 0 saturated heterocycles. The fraction of sp³-hybridized carbons (Fsp3) is 0.0952. The molecule has 3 aromatic carbocycles. The van der Waals surface area contributed by atoms with Crippen LogP contribution in [-0.4, -0.2) is 14.3 Å². The van der Waals surface area contributed by atoms with Gasteiger partial charge in [0.25, 0.3) is 15.9 Å². The van der Waals surface area contributed by atoms with E-state index in [1.807, 2.05) is 19.9 Å². The highest BCUT2D eigenvalue weighted by Gasteiger charge is 2.18. The molecule has 0 aromatic heterocycles. The molecule has 0 saturated carbocycles. The fourth-order valence-electron chi connectivity index (χ4n) is 2.64. The predicted molar refractivity (Wildman–Crippen MR) is 108 cm³/mol. The maximum atomic E-state index is 13.3. The third kappa shape index (κ3) is 4.37. The zero-order valence-electron chi connectivity index (χ0n) is 15.4. The van der Waals surface area contributed by atoms with Crippen molar-refractivity contribution in [3.8, 4) is 0 Å². The summed E-state index contributed by atoms with van der Waals surface area (Å²) < 4.78 is 41.3. The number of aryl methyl sites for hydroxylation is 1. The molecule has 0 spiro atoms. The van der Waals surface area contributed by atoms with Crippen LogP contribution < -0.4 is 10.0 Å². The smallest absolute Gasteiger partial charge is 0.261 e. The van der Waals surface area contributed by atoms with E-state index in [0.717, 1.165) is 11.1 Å². The molecular weight excluding hydrogens is 379 g/mol. The summed E-state index contributed by atoms with van der Waals surface area (Å²) >= 11 is 0. The second kappa shape index (κ2) is 7.82. The van der Waals surface area contributed by atoms with Gasteiger partial charge in [0.05, 0.1) is 10.6 Å². The number of benzene rings is 3. The van der Waals surface area contributed by atoms with Gasteiger partial charge in [0.2, 0.25) is 0 Å². The molecule has 0 unspecified atom stereocenters. The van der Waals surface area contributed by atoms with Crippen molar-refractivity contribution in [2.45, 2.75) is 18.7 Å². The molecule has 0 radical (unpaired) electrons. The summed E-state index contributed by atoms with van der Waals surface area (Å²) in [5.41, 5.74) is 2.70. The summed E-state index contributed by atoms with van der Waals surface area (Å²) in [4.78, 5) is 12.4. The van der Waals surface area contributed by atoms with Gasteiger partial charge in [-0.3, -0.25) is 9.52 Å².